The van der Waals surface area contributed by atoms with E-state index in [9.17, 15) is 0 Å². The number of nitrogens with two attached hydrogens (primary N) is 1. The number of nitrogens with zero attached hydrogens (tertiary/aromatic N) is 1. The van der Waals surface area contributed by atoms with Crippen LogP contribution in [0.4, 0.5) is 0 Å². The van der Waals surface area contributed by atoms with E-state index in [0.717, 1.165) is 26.2 Å². The Labute approximate surface area is 99.3 Å². The third-order valence-corrected chi connectivity index (χ3v) is 4.25. The van der Waals surface area contributed by atoms with Gasteiger partial charge in [0.05, 0.1) is 6.61 Å². The van der Waals surface area contributed by atoms with Gasteiger partial charge in [-0.2, -0.15) is 0 Å². The highest BCUT2D eigenvalue weighted by molar-refractivity contribution is 4.84. The highest BCUT2D eigenvalue weighted by Crippen LogP contribution is 2.30. The summed E-state index contributed by atoms with van der Waals surface area (Å²) in [4.78, 5) is 2.54. The van der Waals surface area contributed by atoms with Crippen molar-refractivity contribution in [2.45, 2.75) is 39.2 Å². The maximum atomic E-state index is 6.26. The van der Waals surface area contributed by atoms with Crippen molar-refractivity contribution in [3.63, 3.8) is 0 Å². The lowest BCUT2D eigenvalue weighted by Gasteiger charge is -2.38. The molecule has 2 heterocycles. The molecule has 0 aromatic rings. The second kappa shape index (κ2) is 5.03. The van der Waals surface area contributed by atoms with Gasteiger partial charge in [-0.25, -0.2) is 0 Å². The monoisotopic (exact) mass is 226 g/mol. The first kappa shape index (κ1) is 12.3. The van der Waals surface area contributed by atoms with Crippen molar-refractivity contribution in [1.82, 2.24) is 4.90 Å². The van der Waals surface area contributed by atoms with E-state index in [-0.39, 0.29) is 0 Å². The summed E-state index contributed by atoms with van der Waals surface area (Å²) in [6.45, 7) is 10.0. The Morgan fingerprint density at radius 3 is 2.62 bits per heavy atom. The van der Waals surface area contributed by atoms with E-state index in [0.29, 0.717) is 17.4 Å². The largest absolute Gasteiger partial charge is 0.381 e. The van der Waals surface area contributed by atoms with Crippen LogP contribution < -0.4 is 5.73 Å². The van der Waals surface area contributed by atoms with Gasteiger partial charge in [0.1, 0.15) is 0 Å². The van der Waals surface area contributed by atoms with Crippen molar-refractivity contribution in [3.8, 4) is 0 Å². The Morgan fingerprint density at radius 2 is 2.06 bits per heavy atom. The Balaban J connectivity index is 1.73. The van der Waals surface area contributed by atoms with E-state index in [2.05, 4.69) is 18.7 Å². The van der Waals surface area contributed by atoms with Crippen molar-refractivity contribution >= 4 is 0 Å². The topological polar surface area (TPSA) is 38.5 Å². The first-order valence-corrected chi connectivity index (χ1v) is 6.62. The minimum Gasteiger partial charge on any atom is -0.381 e. The summed E-state index contributed by atoms with van der Waals surface area (Å²) < 4.78 is 5.40. The molecule has 3 nitrogen and oxygen atoms in total. The van der Waals surface area contributed by atoms with Crippen LogP contribution in [-0.4, -0.2) is 43.8 Å². The first-order valence-electron chi connectivity index (χ1n) is 6.62. The molecule has 0 aliphatic carbocycles. The zero-order valence-corrected chi connectivity index (χ0v) is 10.7. The number of piperidine rings is 1. The summed E-state index contributed by atoms with van der Waals surface area (Å²) in [5.74, 6) is 0.593. The standard InChI is InChI=1S/C13H26N2O/c1-13(2)4-6-15(7-5-13)9-12(14)11-3-8-16-10-11/h11-12H,3-10,14H2,1-2H3. The van der Waals surface area contributed by atoms with E-state index in [1.165, 1.54) is 25.9 Å². The molecule has 2 aliphatic rings. The smallest absolute Gasteiger partial charge is 0.0510 e. The molecular weight excluding hydrogens is 200 g/mol. The van der Waals surface area contributed by atoms with Crippen LogP contribution >= 0.6 is 0 Å². The van der Waals surface area contributed by atoms with E-state index >= 15 is 0 Å². The van der Waals surface area contributed by atoms with Gasteiger partial charge in [0, 0.05) is 25.1 Å². The number of likely N-dealkylation sites (tertiary alicyclic amines) is 1. The summed E-state index contributed by atoms with van der Waals surface area (Å²) >= 11 is 0. The van der Waals surface area contributed by atoms with Crippen LogP contribution in [0.25, 0.3) is 0 Å². The minimum atomic E-state index is 0.309. The molecule has 2 fully saturated rings. The molecule has 0 spiro atoms. The predicted octanol–water partition coefficient (Wildman–Crippen LogP) is 1.47. The van der Waals surface area contributed by atoms with Crippen LogP contribution in [0.3, 0.4) is 0 Å². The average Bonchev–Trinajstić information content (AvgIpc) is 2.74. The van der Waals surface area contributed by atoms with Crippen LogP contribution in [0, 0.1) is 11.3 Å². The van der Waals surface area contributed by atoms with E-state index in [1.807, 2.05) is 0 Å². The summed E-state index contributed by atoms with van der Waals surface area (Å²) in [5, 5.41) is 0. The molecule has 2 saturated heterocycles. The molecule has 0 aromatic heterocycles. The highest BCUT2D eigenvalue weighted by atomic mass is 16.5. The molecule has 16 heavy (non-hydrogen) atoms. The third kappa shape index (κ3) is 3.19. The second-order valence-electron chi connectivity index (χ2n) is 6.25. The van der Waals surface area contributed by atoms with E-state index in [4.69, 9.17) is 10.5 Å². The van der Waals surface area contributed by atoms with Crippen LogP contribution in [-0.2, 0) is 4.74 Å². The minimum absolute atomic E-state index is 0.309. The fraction of sp³-hybridized carbons (Fsp3) is 1.00. The van der Waals surface area contributed by atoms with Crippen molar-refractivity contribution in [2.24, 2.45) is 17.1 Å². The molecule has 2 N–H and O–H groups in total. The molecule has 2 rings (SSSR count). The summed E-state index contributed by atoms with van der Waals surface area (Å²) in [7, 11) is 0. The Morgan fingerprint density at radius 1 is 1.38 bits per heavy atom. The zero-order chi connectivity index (χ0) is 11.6. The molecule has 0 radical (unpaired) electrons. The van der Waals surface area contributed by atoms with Gasteiger partial charge < -0.3 is 15.4 Å². The van der Waals surface area contributed by atoms with Crippen molar-refractivity contribution < 1.29 is 4.74 Å². The molecule has 0 aromatic carbocycles. The maximum Gasteiger partial charge on any atom is 0.0510 e. The zero-order valence-electron chi connectivity index (χ0n) is 10.7. The molecule has 2 unspecified atom stereocenters. The van der Waals surface area contributed by atoms with E-state index < -0.39 is 0 Å². The van der Waals surface area contributed by atoms with Crippen molar-refractivity contribution in [1.29, 1.82) is 0 Å². The summed E-state index contributed by atoms with van der Waals surface area (Å²) in [5.41, 5.74) is 6.79. The van der Waals surface area contributed by atoms with Gasteiger partial charge in [-0.3, -0.25) is 0 Å². The molecule has 3 heteroatoms. The van der Waals surface area contributed by atoms with Gasteiger partial charge in [-0.05, 0) is 37.8 Å². The summed E-state index contributed by atoms with van der Waals surface area (Å²) in [6, 6.07) is 0.309. The molecule has 2 atom stereocenters. The quantitative estimate of drug-likeness (QED) is 0.792. The number of hydrogen-bond donors (Lipinski definition) is 1. The normalized spacial score (nSPS) is 32.8. The van der Waals surface area contributed by atoms with Gasteiger partial charge in [-0.15, -0.1) is 0 Å². The number of ether oxygens (including phenoxy) is 1. The van der Waals surface area contributed by atoms with Gasteiger partial charge in [0.25, 0.3) is 0 Å². The third-order valence-electron chi connectivity index (χ3n) is 4.25. The lowest BCUT2D eigenvalue weighted by Crippen LogP contribution is -2.46. The predicted molar refractivity (Wildman–Crippen MR) is 66.4 cm³/mol. The SMILES string of the molecule is CC1(C)CCN(CC(N)C2CCOC2)CC1. The molecule has 0 bridgehead atoms. The van der Waals surface area contributed by atoms with Crippen LogP contribution in [0.1, 0.15) is 33.1 Å². The van der Waals surface area contributed by atoms with Crippen LogP contribution in [0.5, 0.6) is 0 Å². The van der Waals surface area contributed by atoms with Crippen molar-refractivity contribution in [2.75, 3.05) is 32.8 Å². The molecular formula is C13H26N2O. The molecule has 94 valence electrons. The van der Waals surface area contributed by atoms with Gasteiger partial charge in [-0.1, -0.05) is 13.8 Å². The fourth-order valence-corrected chi connectivity index (χ4v) is 2.68. The van der Waals surface area contributed by atoms with Crippen LogP contribution in [0.15, 0.2) is 0 Å². The lowest BCUT2D eigenvalue weighted by atomic mass is 9.82. The molecule has 2 aliphatic heterocycles. The molecule has 0 saturated carbocycles. The first-order chi connectivity index (χ1) is 7.57. The number of rotatable bonds is 3. The fourth-order valence-electron chi connectivity index (χ4n) is 2.68. The van der Waals surface area contributed by atoms with Crippen molar-refractivity contribution in [3.05, 3.63) is 0 Å². The van der Waals surface area contributed by atoms with Gasteiger partial charge in [0.15, 0.2) is 0 Å². The average molecular weight is 226 g/mol. The lowest BCUT2D eigenvalue weighted by molar-refractivity contribution is 0.115. The maximum absolute atomic E-state index is 6.26. The Bertz CT molecular complexity index is 214. The van der Waals surface area contributed by atoms with Crippen LogP contribution in [0.2, 0.25) is 0 Å². The number of hydrogen-bond acceptors (Lipinski definition) is 3. The molecule has 0 amide bonds. The Hall–Kier alpha value is -0.120. The van der Waals surface area contributed by atoms with Gasteiger partial charge in [0.2, 0.25) is 0 Å². The summed E-state index contributed by atoms with van der Waals surface area (Å²) in [6.07, 6.45) is 3.77. The van der Waals surface area contributed by atoms with E-state index in [1.54, 1.807) is 0 Å². The Kier molecular flexibility index (Phi) is 3.88. The second-order valence-corrected chi connectivity index (χ2v) is 6.25. The van der Waals surface area contributed by atoms with Gasteiger partial charge >= 0.3 is 0 Å². The highest BCUT2D eigenvalue weighted by Gasteiger charge is 2.29.